The zero-order valence-electron chi connectivity index (χ0n) is 17.4. The molecule has 0 saturated carbocycles. The SMILES string of the molecule is CC[C@@H](C)N(CCC(=O)N[C@@H](C)C(C)C)c1nc(Cc2ccc(F)cc2)ns1. The van der Waals surface area contributed by atoms with Gasteiger partial charge < -0.3 is 10.2 Å². The van der Waals surface area contributed by atoms with Gasteiger partial charge in [-0.25, -0.2) is 9.37 Å². The predicted molar refractivity (Wildman–Crippen MR) is 113 cm³/mol. The van der Waals surface area contributed by atoms with Crippen molar-refractivity contribution in [2.75, 3.05) is 11.4 Å². The van der Waals surface area contributed by atoms with Crippen molar-refractivity contribution >= 4 is 22.6 Å². The molecule has 1 aromatic carbocycles. The third kappa shape index (κ3) is 6.55. The van der Waals surface area contributed by atoms with Crippen LogP contribution >= 0.6 is 11.5 Å². The maximum Gasteiger partial charge on any atom is 0.221 e. The van der Waals surface area contributed by atoms with Crippen molar-refractivity contribution in [1.82, 2.24) is 14.7 Å². The lowest BCUT2D eigenvalue weighted by atomic mass is 10.1. The molecule has 28 heavy (non-hydrogen) atoms. The van der Waals surface area contributed by atoms with Gasteiger partial charge in [0.25, 0.3) is 0 Å². The van der Waals surface area contributed by atoms with Crippen molar-refractivity contribution in [2.24, 2.45) is 5.92 Å². The van der Waals surface area contributed by atoms with Crippen LogP contribution in [0.5, 0.6) is 0 Å². The maximum atomic E-state index is 13.1. The third-order valence-corrected chi connectivity index (χ3v) is 5.86. The monoisotopic (exact) mass is 406 g/mol. The molecule has 0 unspecified atom stereocenters. The number of aromatic nitrogens is 2. The van der Waals surface area contributed by atoms with E-state index in [1.807, 2.05) is 6.92 Å². The van der Waals surface area contributed by atoms with E-state index in [1.165, 1.54) is 23.7 Å². The van der Waals surface area contributed by atoms with Crippen LogP contribution in [0.1, 0.15) is 58.8 Å². The van der Waals surface area contributed by atoms with Gasteiger partial charge in [0, 0.05) is 43.0 Å². The van der Waals surface area contributed by atoms with E-state index in [0.29, 0.717) is 25.3 Å². The molecule has 1 aromatic heterocycles. The van der Waals surface area contributed by atoms with Crippen LogP contribution in [0, 0.1) is 11.7 Å². The molecule has 2 rings (SSSR count). The molecule has 0 bridgehead atoms. The molecule has 0 radical (unpaired) electrons. The lowest BCUT2D eigenvalue weighted by Gasteiger charge is -2.28. The molecule has 0 aliphatic rings. The minimum Gasteiger partial charge on any atom is -0.353 e. The first kappa shape index (κ1) is 22.3. The summed E-state index contributed by atoms with van der Waals surface area (Å²) < 4.78 is 17.5. The van der Waals surface area contributed by atoms with Crippen LogP contribution in [-0.4, -0.2) is 33.9 Å². The quantitative estimate of drug-likeness (QED) is 0.634. The Hall–Kier alpha value is -2.02. The highest BCUT2D eigenvalue weighted by Gasteiger charge is 2.20. The molecule has 0 saturated heterocycles. The van der Waals surface area contributed by atoms with Crippen LogP contribution in [0.25, 0.3) is 0 Å². The van der Waals surface area contributed by atoms with E-state index >= 15 is 0 Å². The second-order valence-corrected chi connectivity index (χ2v) is 8.33. The summed E-state index contributed by atoms with van der Waals surface area (Å²) in [5.74, 6) is 0.943. The Labute approximate surface area is 171 Å². The summed E-state index contributed by atoms with van der Waals surface area (Å²) in [4.78, 5) is 19.1. The van der Waals surface area contributed by atoms with Gasteiger partial charge in [-0.1, -0.05) is 32.9 Å². The number of hydrogen-bond donors (Lipinski definition) is 1. The average molecular weight is 407 g/mol. The summed E-state index contributed by atoms with van der Waals surface area (Å²) in [5.41, 5.74) is 0.975. The van der Waals surface area contributed by atoms with Gasteiger partial charge in [-0.05, 0) is 43.9 Å². The summed E-state index contributed by atoms with van der Waals surface area (Å²) >= 11 is 1.35. The second-order valence-electron chi connectivity index (χ2n) is 7.60. The molecule has 7 heteroatoms. The van der Waals surface area contributed by atoms with E-state index < -0.39 is 0 Å². The highest BCUT2D eigenvalue weighted by molar-refractivity contribution is 7.09. The van der Waals surface area contributed by atoms with Gasteiger partial charge in [0.05, 0.1) is 0 Å². The largest absolute Gasteiger partial charge is 0.353 e. The van der Waals surface area contributed by atoms with E-state index in [2.05, 4.69) is 47.3 Å². The van der Waals surface area contributed by atoms with Gasteiger partial charge in [-0.2, -0.15) is 4.37 Å². The molecule has 0 fully saturated rings. The fraction of sp³-hybridized carbons (Fsp3) is 0.571. The highest BCUT2D eigenvalue weighted by atomic mass is 32.1. The topological polar surface area (TPSA) is 58.1 Å². The summed E-state index contributed by atoms with van der Waals surface area (Å²) in [5, 5.41) is 3.89. The van der Waals surface area contributed by atoms with Crippen molar-refractivity contribution in [3.63, 3.8) is 0 Å². The van der Waals surface area contributed by atoms with Gasteiger partial charge in [-0.15, -0.1) is 0 Å². The maximum absolute atomic E-state index is 13.1. The third-order valence-electron chi connectivity index (χ3n) is 5.07. The number of amides is 1. The molecule has 154 valence electrons. The summed E-state index contributed by atoms with van der Waals surface area (Å²) in [7, 11) is 0. The van der Waals surface area contributed by atoms with Crippen molar-refractivity contribution in [2.45, 2.75) is 66.0 Å². The number of carbonyl (C=O) groups is 1. The van der Waals surface area contributed by atoms with Crippen LogP contribution in [0.2, 0.25) is 0 Å². The molecule has 2 atom stereocenters. The number of nitrogens with one attached hydrogen (secondary N) is 1. The number of benzene rings is 1. The summed E-state index contributed by atoms with van der Waals surface area (Å²) in [6.45, 7) is 11.1. The number of hydrogen-bond acceptors (Lipinski definition) is 5. The van der Waals surface area contributed by atoms with Crippen molar-refractivity contribution in [1.29, 1.82) is 0 Å². The molecule has 1 heterocycles. The van der Waals surface area contributed by atoms with Gasteiger partial charge in [0.2, 0.25) is 11.0 Å². The molecule has 1 amide bonds. The van der Waals surface area contributed by atoms with Crippen molar-refractivity contribution in [3.8, 4) is 0 Å². The van der Waals surface area contributed by atoms with Gasteiger partial charge in [0.1, 0.15) is 11.6 Å². The predicted octanol–water partition coefficient (Wildman–Crippen LogP) is 4.42. The molecule has 0 aliphatic heterocycles. The molecular formula is C21H31FN4OS. The number of rotatable bonds is 10. The van der Waals surface area contributed by atoms with Crippen molar-refractivity contribution in [3.05, 3.63) is 41.5 Å². The zero-order valence-corrected chi connectivity index (χ0v) is 18.2. The Morgan fingerprint density at radius 2 is 1.89 bits per heavy atom. The summed E-state index contributed by atoms with van der Waals surface area (Å²) in [6.07, 6.45) is 1.95. The smallest absolute Gasteiger partial charge is 0.221 e. The number of anilines is 1. The lowest BCUT2D eigenvalue weighted by Crippen LogP contribution is -2.40. The minimum absolute atomic E-state index is 0.0607. The second kappa shape index (κ2) is 10.5. The fourth-order valence-electron chi connectivity index (χ4n) is 2.66. The minimum atomic E-state index is -0.247. The molecule has 2 aromatic rings. The standard InChI is InChI=1S/C21H31FN4OS/c1-6-15(4)26(12-11-20(27)23-16(5)14(2)3)21-24-19(25-28-21)13-17-7-9-18(22)10-8-17/h7-10,14-16H,6,11-13H2,1-5H3,(H,23,27)/t15-,16+/m1/s1. The van der Waals surface area contributed by atoms with Crippen LogP contribution in [-0.2, 0) is 11.2 Å². The lowest BCUT2D eigenvalue weighted by molar-refractivity contribution is -0.121. The van der Waals surface area contributed by atoms with E-state index in [1.54, 1.807) is 12.1 Å². The zero-order chi connectivity index (χ0) is 20.7. The molecule has 1 N–H and O–H groups in total. The van der Waals surface area contributed by atoms with Gasteiger partial charge in [-0.3, -0.25) is 4.79 Å². The van der Waals surface area contributed by atoms with Crippen LogP contribution in [0.4, 0.5) is 9.52 Å². The Bertz CT molecular complexity index is 747. The van der Waals surface area contributed by atoms with Crippen LogP contribution in [0.3, 0.4) is 0 Å². The normalized spacial score (nSPS) is 13.4. The Morgan fingerprint density at radius 1 is 1.21 bits per heavy atom. The average Bonchev–Trinajstić information content (AvgIpc) is 3.11. The molecular weight excluding hydrogens is 375 g/mol. The number of nitrogens with zero attached hydrogens (tertiary/aromatic N) is 3. The Morgan fingerprint density at radius 3 is 2.50 bits per heavy atom. The number of halogens is 1. The fourth-order valence-corrected chi connectivity index (χ4v) is 3.47. The van der Waals surface area contributed by atoms with E-state index in [4.69, 9.17) is 0 Å². The number of carbonyl (C=O) groups excluding carboxylic acids is 1. The van der Waals surface area contributed by atoms with E-state index in [-0.39, 0.29) is 23.8 Å². The molecule has 5 nitrogen and oxygen atoms in total. The van der Waals surface area contributed by atoms with Gasteiger partial charge in [0.15, 0.2) is 0 Å². The Kier molecular flexibility index (Phi) is 8.35. The first-order valence-corrected chi connectivity index (χ1v) is 10.7. The first-order valence-electron chi connectivity index (χ1n) is 9.93. The molecule has 0 spiro atoms. The van der Waals surface area contributed by atoms with Crippen LogP contribution < -0.4 is 10.2 Å². The highest BCUT2D eigenvalue weighted by Crippen LogP contribution is 2.22. The van der Waals surface area contributed by atoms with Gasteiger partial charge >= 0.3 is 0 Å². The van der Waals surface area contributed by atoms with E-state index in [0.717, 1.165) is 22.9 Å². The van der Waals surface area contributed by atoms with Crippen LogP contribution in [0.15, 0.2) is 24.3 Å². The van der Waals surface area contributed by atoms with Crippen molar-refractivity contribution < 1.29 is 9.18 Å². The molecule has 0 aliphatic carbocycles. The van der Waals surface area contributed by atoms with E-state index in [9.17, 15) is 9.18 Å². The Balaban J connectivity index is 2.01. The first-order chi connectivity index (χ1) is 13.3. The summed E-state index contributed by atoms with van der Waals surface area (Å²) in [6, 6.07) is 6.83.